The Hall–Kier alpha value is -1.93. The zero-order valence-electron chi connectivity index (χ0n) is 14.4. The first-order valence-corrected chi connectivity index (χ1v) is 9.37. The van der Waals surface area contributed by atoms with Crippen molar-refractivity contribution >= 4 is 21.8 Å². The van der Waals surface area contributed by atoms with E-state index in [-0.39, 0.29) is 30.2 Å². The third-order valence-electron chi connectivity index (χ3n) is 3.15. The first-order valence-electron chi connectivity index (χ1n) is 7.72. The number of rotatable bonds is 8. The molecule has 1 atom stereocenters. The zero-order valence-corrected chi connectivity index (χ0v) is 15.2. The fraction of sp³-hybridized carbons (Fsp3) is 0.500. The normalized spacial score (nSPS) is 12.7. The van der Waals surface area contributed by atoms with Crippen molar-refractivity contribution in [2.45, 2.75) is 52.1 Å². The van der Waals surface area contributed by atoms with Gasteiger partial charge in [-0.15, -0.1) is 0 Å². The molecular formula is C16H25N3O4S. The molecule has 3 N–H and O–H groups in total. The summed E-state index contributed by atoms with van der Waals surface area (Å²) in [4.78, 5) is 22.9. The van der Waals surface area contributed by atoms with E-state index in [0.717, 1.165) is 5.56 Å². The van der Waals surface area contributed by atoms with Gasteiger partial charge < -0.3 is 10.6 Å². The molecule has 1 aromatic carbocycles. The van der Waals surface area contributed by atoms with Crippen molar-refractivity contribution in [1.29, 1.82) is 0 Å². The summed E-state index contributed by atoms with van der Waals surface area (Å²) in [6.45, 7) is 6.63. The molecular weight excluding hydrogens is 330 g/mol. The quantitative estimate of drug-likeness (QED) is 0.637. The predicted molar refractivity (Wildman–Crippen MR) is 92.5 cm³/mol. The van der Waals surface area contributed by atoms with E-state index in [1.807, 2.05) is 0 Å². The maximum absolute atomic E-state index is 12.1. The van der Waals surface area contributed by atoms with E-state index in [4.69, 9.17) is 0 Å². The Balaban J connectivity index is 2.77. The van der Waals surface area contributed by atoms with Gasteiger partial charge in [0, 0.05) is 19.5 Å². The SMILES string of the molecule is CC(=O)NC(C)C(=O)NCc1ccccc1CS(=O)(=O)NC(C)C. The number of carbonyl (C=O) groups excluding carboxylic acids is 2. The molecule has 8 heteroatoms. The summed E-state index contributed by atoms with van der Waals surface area (Å²) in [5, 5.41) is 5.20. The predicted octanol–water partition coefficient (Wildman–Crippen LogP) is 0.655. The number of nitrogens with one attached hydrogen (secondary N) is 3. The second-order valence-electron chi connectivity index (χ2n) is 5.94. The summed E-state index contributed by atoms with van der Waals surface area (Å²) in [5.41, 5.74) is 1.34. The van der Waals surface area contributed by atoms with E-state index in [2.05, 4.69) is 15.4 Å². The standard InChI is InChI=1S/C16H25N3O4S/c1-11(2)19-24(22,23)10-15-8-6-5-7-14(15)9-17-16(21)12(3)18-13(4)20/h5-8,11-12,19H,9-10H2,1-4H3,(H,17,21)(H,18,20). The van der Waals surface area contributed by atoms with Gasteiger partial charge in [-0.05, 0) is 31.9 Å². The molecule has 0 saturated heterocycles. The Kier molecular flexibility index (Phi) is 7.37. The number of sulfonamides is 1. The maximum Gasteiger partial charge on any atom is 0.242 e. The molecule has 0 bridgehead atoms. The average Bonchev–Trinajstić information content (AvgIpc) is 2.43. The molecule has 0 aliphatic heterocycles. The minimum atomic E-state index is -3.45. The molecule has 1 unspecified atom stereocenters. The van der Waals surface area contributed by atoms with Crippen molar-refractivity contribution in [3.8, 4) is 0 Å². The summed E-state index contributed by atoms with van der Waals surface area (Å²) in [6.07, 6.45) is 0. The smallest absolute Gasteiger partial charge is 0.242 e. The molecule has 0 aliphatic carbocycles. The number of benzene rings is 1. The van der Waals surface area contributed by atoms with Crippen LogP contribution < -0.4 is 15.4 Å². The van der Waals surface area contributed by atoms with Crippen LogP contribution in [0.5, 0.6) is 0 Å². The van der Waals surface area contributed by atoms with Crippen molar-refractivity contribution in [3.05, 3.63) is 35.4 Å². The lowest BCUT2D eigenvalue weighted by molar-refractivity contribution is -0.127. The van der Waals surface area contributed by atoms with Crippen LogP contribution in [0.4, 0.5) is 0 Å². The fourth-order valence-corrected chi connectivity index (χ4v) is 3.67. The Labute approximate surface area is 143 Å². The van der Waals surface area contributed by atoms with E-state index < -0.39 is 16.1 Å². The van der Waals surface area contributed by atoms with Crippen LogP contribution in [-0.4, -0.2) is 32.3 Å². The van der Waals surface area contributed by atoms with Crippen molar-refractivity contribution in [1.82, 2.24) is 15.4 Å². The van der Waals surface area contributed by atoms with E-state index in [0.29, 0.717) is 5.56 Å². The number of hydrogen-bond donors (Lipinski definition) is 3. The maximum atomic E-state index is 12.1. The van der Waals surface area contributed by atoms with Gasteiger partial charge in [0.25, 0.3) is 0 Å². The molecule has 0 radical (unpaired) electrons. The highest BCUT2D eigenvalue weighted by Crippen LogP contribution is 2.12. The van der Waals surface area contributed by atoms with Crippen molar-refractivity contribution < 1.29 is 18.0 Å². The van der Waals surface area contributed by atoms with Crippen LogP contribution in [0.2, 0.25) is 0 Å². The van der Waals surface area contributed by atoms with Gasteiger partial charge >= 0.3 is 0 Å². The summed E-state index contributed by atoms with van der Waals surface area (Å²) in [6, 6.07) is 6.19. The van der Waals surface area contributed by atoms with Crippen molar-refractivity contribution in [3.63, 3.8) is 0 Å². The lowest BCUT2D eigenvalue weighted by Gasteiger charge is -2.15. The molecule has 7 nitrogen and oxygen atoms in total. The Morgan fingerprint density at radius 3 is 2.21 bits per heavy atom. The monoisotopic (exact) mass is 355 g/mol. The Bertz CT molecular complexity index is 686. The third-order valence-corrected chi connectivity index (χ3v) is 4.67. The van der Waals surface area contributed by atoms with Crippen LogP contribution in [0.15, 0.2) is 24.3 Å². The van der Waals surface area contributed by atoms with Crippen LogP contribution in [0, 0.1) is 0 Å². The van der Waals surface area contributed by atoms with Gasteiger partial charge in [-0.2, -0.15) is 0 Å². The molecule has 1 aromatic rings. The molecule has 24 heavy (non-hydrogen) atoms. The van der Waals surface area contributed by atoms with Crippen LogP contribution in [-0.2, 0) is 31.9 Å². The Morgan fingerprint density at radius 2 is 1.67 bits per heavy atom. The lowest BCUT2D eigenvalue weighted by atomic mass is 10.1. The number of carbonyl (C=O) groups is 2. The van der Waals surface area contributed by atoms with E-state index >= 15 is 0 Å². The zero-order chi connectivity index (χ0) is 18.3. The molecule has 0 aliphatic rings. The lowest BCUT2D eigenvalue weighted by Crippen LogP contribution is -2.43. The highest BCUT2D eigenvalue weighted by molar-refractivity contribution is 7.88. The van der Waals surface area contributed by atoms with Crippen LogP contribution in [0.25, 0.3) is 0 Å². The average molecular weight is 355 g/mol. The van der Waals surface area contributed by atoms with E-state index in [1.54, 1.807) is 45.0 Å². The summed E-state index contributed by atoms with van der Waals surface area (Å²) in [5.74, 6) is -0.773. The topological polar surface area (TPSA) is 104 Å². The minimum absolute atomic E-state index is 0.154. The van der Waals surface area contributed by atoms with Crippen LogP contribution in [0.1, 0.15) is 38.8 Å². The first kappa shape index (κ1) is 20.1. The van der Waals surface area contributed by atoms with Crippen LogP contribution in [0.3, 0.4) is 0 Å². The summed E-state index contributed by atoms with van der Waals surface area (Å²) < 4.78 is 26.7. The molecule has 134 valence electrons. The molecule has 0 saturated carbocycles. The van der Waals surface area contributed by atoms with Gasteiger partial charge in [0.15, 0.2) is 0 Å². The van der Waals surface area contributed by atoms with Gasteiger partial charge in [0.1, 0.15) is 6.04 Å². The van der Waals surface area contributed by atoms with E-state index in [1.165, 1.54) is 6.92 Å². The van der Waals surface area contributed by atoms with Crippen molar-refractivity contribution in [2.24, 2.45) is 0 Å². The van der Waals surface area contributed by atoms with Gasteiger partial charge in [-0.3, -0.25) is 9.59 Å². The van der Waals surface area contributed by atoms with E-state index in [9.17, 15) is 18.0 Å². The molecule has 2 amide bonds. The third kappa shape index (κ3) is 7.10. The van der Waals surface area contributed by atoms with Crippen molar-refractivity contribution in [2.75, 3.05) is 0 Å². The number of amides is 2. The van der Waals surface area contributed by atoms with Gasteiger partial charge in [-0.1, -0.05) is 24.3 Å². The highest BCUT2D eigenvalue weighted by atomic mass is 32.2. The van der Waals surface area contributed by atoms with Gasteiger partial charge in [0.2, 0.25) is 21.8 Å². The summed E-state index contributed by atoms with van der Waals surface area (Å²) >= 11 is 0. The van der Waals surface area contributed by atoms with Crippen LogP contribution >= 0.6 is 0 Å². The molecule has 0 fully saturated rings. The van der Waals surface area contributed by atoms with Gasteiger partial charge in [0.05, 0.1) is 5.75 Å². The molecule has 0 spiro atoms. The Morgan fingerprint density at radius 1 is 1.08 bits per heavy atom. The molecule has 0 aromatic heterocycles. The summed E-state index contributed by atoms with van der Waals surface area (Å²) in [7, 11) is -3.45. The number of hydrogen-bond acceptors (Lipinski definition) is 4. The largest absolute Gasteiger partial charge is 0.350 e. The minimum Gasteiger partial charge on any atom is -0.350 e. The highest BCUT2D eigenvalue weighted by Gasteiger charge is 2.17. The first-order chi connectivity index (χ1) is 11.1. The second kappa shape index (κ2) is 8.79. The molecule has 0 heterocycles. The van der Waals surface area contributed by atoms with Gasteiger partial charge in [-0.25, -0.2) is 13.1 Å². The molecule has 1 rings (SSSR count). The second-order valence-corrected chi connectivity index (χ2v) is 7.69. The fourth-order valence-electron chi connectivity index (χ4n) is 2.18.